The topological polar surface area (TPSA) is 174 Å². The Kier molecular flexibility index (Phi) is 10.2. The third-order valence-electron chi connectivity index (χ3n) is 6.09. The summed E-state index contributed by atoms with van der Waals surface area (Å²) in [7, 11) is 1.50. The standard InChI is InChI=1S/C29H32N4O6/c1-39-22-9-5-6-19(14-22)16-24(32-26(35)17-25(34)28(31)37)29(38)33-23(27(30)36)15-18-10-12-21(13-11-18)20-7-3-2-4-8-20/h2-14,23-25,34H,15-17H2,1H3,(H2,30,36)(H2,31,37)(H,32,35)(H,33,38)/t23-,24+,25+/m0/s1. The van der Waals surface area contributed by atoms with E-state index in [-0.39, 0.29) is 12.8 Å². The zero-order chi connectivity index (χ0) is 28.4. The first-order valence-corrected chi connectivity index (χ1v) is 12.3. The van der Waals surface area contributed by atoms with Gasteiger partial charge >= 0.3 is 0 Å². The number of amides is 4. The summed E-state index contributed by atoms with van der Waals surface area (Å²) in [6.45, 7) is 0. The zero-order valence-electron chi connectivity index (χ0n) is 21.5. The highest BCUT2D eigenvalue weighted by atomic mass is 16.5. The van der Waals surface area contributed by atoms with Crippen LogP contribution in [0.3, 0.4) is 0 Å². The minimum Gasteiger partial charge on any atom is -0.497 e. The Bertz CT molecular complexity index is 1300. The Morgan fingerprint density at radius 3 is 2.03 bits per heavy atom. The van der Waals surface area contributed by atoms with Crippen LogP contribution in [0.4, 0.5) is 0 Å². The van der Waals surface area contributed by atoms with Gasteiger partial charge in [-0.25, -0.2) is 0 Å². The van der Waals surface area contributed by atoms with Gasteiger partial charge in [0.25, 0.3) is 0 Å². The van der Waals surface area contributed by atoms with E-state index in [2.05, 4.69) is 10.6 Å². The molecule has 3 aromatic rings. The minimum absolute atomic E-state index is 0.0404. The van der Waals surface area contributed by atoms with Crippen molar-refractivity contribution in [2.75, 3.05) is 7.11 Å². The number of rotatable bonds is 13. The number of primary amides is 2. The predicted molar refractivity (Wildman–Crippen MR) is 145 cm³/mol. The van der Waals surface area contributed by atoms with E-state index in [4.69, 9.17) is 16.2 Å². The van der Waals surface area contributed by atoms with Crippen molar-refractivity contribution in [1.29, 1.82) is 0 Å². The maximum atomic E-state index is 13.3. The third kappa shape index (κ3) is 8.68. The summed E-state index contributed by atoms with van der Waals surface area (Å²) in [4.78, 5) is 49.2. The lowest BCUT2D eigenvalue weighted by Gasteiger charge is -2.23. The van der Waals surface area contributed by atoms with E-state index < -0.39 is 48.2 Å². The highest BCUT2D eigenvalue weighted by Gasteiger charge is 2.27. The third-order valence-corrected chi connectivity index (χ3v) is 6.09. The molecule has 10 nitrogen and oxygen atoms in total. The van der Waals surface area contributed by atoms with E-state index in [9.17, 15) is 24.3 Å². The molecule has 3 atom stereocenters. The molecule has 0 spiro atoms. The van der Waals surface area contributed by atoms with Gasteiger partial charge in [0.05, 0.1) is 13.5 Å². The van der Waals surface area contributed by atoms with Gasteiger partial charge in [-0.05, 0) is 34.4 Å². The molecule has 3 rings (SSSR count). The number of carbonyl (C=O) groups is 4. The lowest BCUT2D eigenvalue weighted by Crippen LogP contribution is -2.54. The molecule has 0 heterocycles. The second-order valence-electron chi connectivity index (χ2n) is 9.03. The number of aliphatic hydroxyl groups excluding tert-OH is 1. The number of carbonyl (C=O) groups excluding carboxylic acids is 4. The normalized spacial score (nSPS) is 13.0. The lowest BCUT2D eigenvalue weighted by molar-refractivity contribution is -0.134. The van der Waals surface area contributed by atoms with Crippen LogP contribution in [0.15, 0.2) is 78.9 Å². The molecule has 0 bridgehead atoms. The second kappa shape index (κ2) is 13.7. The Labute approximate surface area is 226 Å². The first-order valence-electron chi connectivity index (χ1n) is 12.3. The van der Waals surface area contributed by atoms with Crippen LogP contribution in [-0.4, -0.2) is 54.0 Å². The van der Waals surface area contributed by atoms with Gasteiger partial charge in [0, 0.05) is 12.8 Å². The number of hydrogen-bond donors (Lipinski definition) is 5. The predicted octanol–water partition coefficient (Wildman–Crippen LogP) is 0.839. The molecule has 0 aliphatic heterocycles. The maximum Gasteiger partial charge on any atom is 0.246 e. The summed E-state index contributed by atoms with van der Waals surface area (Å²) in [5.74, 6) is -2.69. The Morgan fingerprint density at radius 1 is 0.769 bits per heavy atom. The van der Waals surface area contributed by atoms with Crippen molar-refractivity contribution in [3.05, 3.63) is 90.0 Å². The molecular formula is C29H32N4O6. The number of ether oxygens (including phenoxy) is 1. The molecule has 7 N–H and O–H groups in total. The maximum absolute atomic E-state index is 13.3. The van der Waals surface area contributed by atoms with Gasteiger partial charge in [-0.1, -0.05) is 66.7 Å². The lowest BCUT2D eigenvalue weighted by atomic mass is 9.99. The Morgan fingerprint density at radius 2 is 1.41 bits per heavy atom. The summed E-state index contributed by atoms with van der Waals surface area (Å²) in [5.41, 5.74) is 14.1. The van der Waals surface area contributed by atoms with Crippen LogP contribution in [0.5, 0.6) is 5.75 Å². The summed E-state index contributed by atoms with van der Waals surface area (Å²) in [6, 6.07) is 22.0. The molecule has 0 fully saturated rings. The molecule has 0 aromatic heterocycles. The van der Waals surface area contributed by atoms with Gasteiger partial charge in [-0.3, -0.25) is 19.2 Å². The summed E-state index contributed by atoms with van der Waals surface area (Å²) >= 11 is 0. The Hall–Kier alpha value is -4.70. The first-order chi connectivity index (χ1) is 18.7. The zero-order valence-corrected chi connectivity index (χ0v) is 21.5. The fourth-order valence-corrected chi connectivity index (χ4v) is 3.97. The molecule has 0 radical (unpaired) electrons. The van der Waals surface area contributed by atoms with Crippen LogP contribution in [0, 0.1) is 0 Å². The molecular weight excluding hydrogens is 500 g/mol. The molecule has 10 heteroatoms. The van der Waals surface area contributed by atoms with Gasteiger partial charge < -0.3 is 31.9 Å². The SMILES string of the molecule is COc1cccc(C[C@@H](NC(=O)C[C@@H](O)C(N)=O)C(=O)N[C@@H](Cc2ccc(-c3ccccc3)cc2)C(N)=O)c1. The van der Waals surface area contributed by atoms with Crippen LogP contribution in [-0.2, 0) is 32.0 Å². The molecule has 0 unspecified atom stereocenters. The van der Waals surface area contributed by atoms with Crippen LogP contribution < -0.4 is 26.8 Å². The van der Waals surface area contributed by atoms with E-state index in [1.54, 1.807) is 24.3 Å². The van der Waals surface area contributed by atoms with Gasteiger partial charge in [0.15, 0.2) is 0 Å². The second-order valence-corrected chi connectivity index (χ2v) is 9.03. The van der Waals surface area contributed by atoms with Crippen molar-refractivity contribution in [1.82, 2.24) is 10.6 Å². The van der Waals surface area contributed by atoms with Crippen LogP contribution in [0.1, 0.15) is 17.5 Å². The molecule has 3 aromatic carbocycles. The van der Waals surface area contributed by atoms with Crippen molar-refractivity contribution in [2.45, 2.75) is 37.5 Å². The van der Waals surface area contributed by atoms with Gasteiger partial charge in [-0.15, -0.1) is 0 Å². The van der Waals surface area contributed by atoms with Crippen molar-refractivity contribution in [3.8, 4) is 16.9 Å². The fourth-order valence-electron chi connectivity index (χ4n) is 3.97. The molecule has 0 aliphatic rings. The Balaban J connectivity index is 1.75. The molecule has 4 amide bonds. The van der Waals surface area contributed by atoms with Crippen molar-refractivity contribution < 1.29 is 29.0 Å². The van der Waals surface area contributed by atoms with Crippen LogP contribution in [0.2, 0.25) is 0 Å². The van der Waals surface area contributed by atoms with E-state index >= 15 is 0 Å². The highest BCUT2D eigenvalue weighted by molar-refractivity contribution is 5.93. The van der Waals surface area contributed by atoms with E-state index in [1.807, 2.05) is 54.6 Å². The van der Waals surface area contributed by atoms with Crippen molar-refractivity contribution in [2.24, 2.45) is 11.5 Å². The van der Waals surface area contributed by atoms with E-state index in [0.29, 0.717) is 11.3 Å². The average molecular weight is 533 g/mol. The summed E-state index contributed by atoms with van der Waals surface area (Å²) in [6.07, 6.45) is -2.15. The monoisotopic (exact) mass is 532 g/mol. The molecule has 0 saturated heterocycles. The van der Waals surface area contributed by atoms with Crippen molar-refractivity contribution in [3.63, 3.8) is 0 Å². The largest absolute Gasteiger partial charge is 0.497 e. The van der Waals surface area contributed by atoms with Crippen LogP contribution >= 0.6 is 0 Å². The number of aliphatic hydroxyl groups is 1. The summed E-state index contributed by atoms with van der Waals surface area (Å²) in [5, 5.41) is 14.8. The molecule has 204 valence electrons. The van der Waals surface area contributed by atoms with Gasteiger partial charge in [0.1, 0.15) is 23.9 Å². The fraction of sp³-hybridized carbons (Fsp3) is 0.241. The van der Waals surface area contributed by atoms with Gasteiger partial charge in [-0.2, -0.15) is 0 Å². The number of hydrogen-bond acceptors (Lipinski definition) is 6. The quantitative estimate of drug-likeness (QED) is 0.218. The molecule has 0 aliphatic carbocycles. The molecule has 39 heavy (non-hydrogen) atoms. The molecule has 0 saturated carbocycles. The van der Waals surface area contributed by atoms with Crippen LogP contribution in [0.25, 0.3) is 11.1 Å². The highest BCUT2D eigenvalue weighted by Crippen LogP contribution is 2.20. The number of nitrogens with two attached hydrogens (primary N) is 2. The number of benzene rings is 3. The van der Waals surface area contributed by atoms with Crippen molar-refractivity contribution >= 4 is 23.6 Å². The van der Waals surface area contributed by atoms with E-state index in [1.165, 1.54) is 7.11 Å². The number of methoxy groups -OCH3 is 1. The van der Waals surface area contributed by atoms with E-state index in [0.717, 1.165) is 16.7 Å². The smallest absolute Gasteiger partial charge is 0.246 e. The first kappa shape index (κ1) is 28.9. The van der Waals surface area contributed by atoms with Gasteiger partial charge in [0.2, 0.25) is 23.6 Å². The average Bonchev–Trinajstić information content (AvgIpc) is 2.93. The summed E-state index contributed by atoms with van der Waals surface area (Å²) < 4.78 is 5.22. The number of nitrogens with one attached hydrogen (secondary N) is 2. The minimum atomic E-state index is -1.71.